The number of hydrogen-bond donors (Lipinski definition) is 2. The number of nitrogens with one attached hydrogen (secondary N) is 2. The van der Waals surface area contributed by atoms with Crippen LogP contribution >= 0.6 is 0 Å². The van der Waals surface area contributed by atoms with E-state index in [1.807, 2.05) is 0 Å². The second kappa shape index (κ2) is 5.25. The fourth-order valence-electron chi connectivity index (χ4n) is 3.08. The van der Waals surface area contributed by atoms with Crippen molar-refractivity contribution >= 4 is 0 Å². The molecule has 0 amide bonds. The molecule has 0 radical (unpaired) electrons. The van der Waals surface area contributed by atoms with E-state index in [9.17, 15) is 0 Å². The highest BCUT2D eigenvalue weighted by atomic mass is 16.5. The standard InChI is InChI=1S/C14H28N2O/c1-13(2)6-4-8-16-12(13)10-15-11-14(3)7-5-9-17-14/h12,15-16H,4-11H2,1-3H3. The third-order valence-electron chi connectivity index (χ3n) is 4.48. The lowest BCUT2D eigenvalue weighted by molar-refractivity contribution is 0.0192. The van der Waals surface area contributed by atoms with Crippen LogP contribution < -0.4 is 10.6 Å². The minimum Gasteiger partial charge on any atom is -0.374 e. The lowest BCUT2D eigenvalue weighted by Crippen LogP contribution is -2.53. The first-order valence-corrected chi connectivity index (χ1v) is 7.10. The number of hydrogen-bond acceptors (Lipinski definition) is 3. The molecule has 2 aliphatic rings. The minimum absolute atomic E-state index is 0.0822. The predicted octanol–water partition coefficient (Wildman–Crippen LogP) is 1.92. The molecule has 2 fully saturated rings. The molecule has 2 N–H and O–H groups in total. The molecule has 100 valence electrons. The fourth-order valence-corrected chi connectivity index (χ4v) is 3.08. The Balaban J connectivity index is 1.74. The third kappa shape index (κ3) is 3.43. The summed E-state index contributed by atoms with van der Waals surface area (Å²) >= 11 is 0. The SMILES string of the molecule is CC1(CNCC2NCCCC2(C)C)CCCO1. The maximum Gasteiger partial charge on any atom is 0.0779 e. The van der Waals surface area contributed by atoms with Crippen LogP contribution in [0.25, 0.3) is 0 Å². The van der Waals surface area contributed by atoms with E-state index in [0.717, 1.165) is 19.7 Å². The van der Waals surface area contributed by atoms with Gasteiger partial charge in [-0.2, -0.15) is 0 Å². The summed E-state index contributed by atoms with van der Waals surface area (Å²) in [6.45, 7) is 11.1. The van der Waals surface area contributed by atoms with Crippen LogP contribution in [-0.4, -0.2) is 37.9 Å². The van der Waals surface area contributed by atoms with Gasteiger partial charge in [0.05, 0.1) is 5.60 Å². The molecule has 0 aromatic heterocycles. The van der Waals surface area contributed by atoms with Gasteiger partial charge in [0, 0.05) is 25.7 Å². The van der Waals surface area contributed by atoms with E-state index >= 15 is 0 Å². The van der Waals surface area contributed by atoms with E-state index < -0.39 is 0 Å². The van der Waals surface area contributed by atoms with E-state index in [-0.39, 0.29) is 5.60 Å². The van der Waals surface area contributed by atoms with Gasteiger partial charge in [-0.15, -0.1) is 0 Å². The topological polar surface area (TPSA) is 33.3 Å². The van der Waals surface area contributed by atoms with Gasteiger partial charge in [-0.3, -0.25) is 0 Å². The molecule has 3 heteroatoms. The van der Waals surface area contributed by atoms with Crippen LogP contribution in [0, 0.1) is 5.41 Å². The lowest BCUT2D eigenvalue weighted by atomic mass is 9.77. The highest BCUT2D eigenvalue weighted by molar-refractivity contribution is 4.91. The van der Waals surface area contributed by atoms with E-state index in [0.29, 0.717) is 11.5 Å². The molecule has 2 atom stereocenters. The van der Waals surface area contributed by atoms with Gasteiger partial charge >= 0.3 is 0 Å². The maximum atomic E-state index is 5.80. The first kappa shape index (κ1) is 13.3. The molecule has 2 aliphatic heterocycles. The second-order valence-corrected chi connectivity index (χ2v) is 6.63. The summed E-state index contributed by atoms with van der Waals surface area (Å²) in [6.07, 6.45) is 5.05. The molecule has 0 aromatic carbocycles. The van der Waals surface area contributed by atoms with Crippen LogP contribution in [0.4, 0.5) is 0 Å². The van der Waals surface area contributed by atoms with Crippen LogP contribution in [0.3, 0.4) is 0 Å². The Kier molecular flexibility index (Phi) is 4.11. The van der Waals surface area contributed by atoms with Crippen molar-refractivity contribution in [1.82, 2.24) is 10.6 Å². The van der Waals surface area contributed by atoms with Gasteiger partial charge in [-0.1, -0.05) is 13.8 Å². The average Bonchev–Trinajstić information content (AvgIpc) is 2.68. The van der Waals surface area contributed by atoms with Gasteiger partial charge in [-0.05, 0) is 44.6 Å². The quantitative estimate of drug-likeness (QED) is 0.788. The molecule has 2 rings (SSSR count). The summed E-state index contributed by atoms with van der Waals surface area (Å²) in [4.78, 5) is 0. The van der Waals surface area contributed by atoms with E-state index in [4.69, 9.17) is 4.74 Å². The highest BCUT2D eigenvalue weighted by Gasteiger charge is 2.33. The van der Waals surface area contributed by atoms with Gasteiger partial charge < -0.3 is 15.4 Å². The Bertz CT molecular complexity index is 247. The summed E-state index contributed by atoms with van der Waals surface area (Å²) in [7, 11) is 0. The van der Waals surface area contributed by atoms with Crippen LogP contribution in [0.15, 0.2) is 0 Å². The molecule has 17 heavy (non-hydrogen) atoms. The van der Waals surface area contributed by atoms with Crippen molar-refractivity contribution in [2.24, 2.45) is 5.41 Å². The Hall–Kier alpha value is -0.120. The van der Waals surface area contributed by atoms with Crippen molar-refractivity contribution < 1.29 is 4.74 Å². The van der Waals surface area contributed by atoms with Gasteiger partial charge in [0.2, 0.25) is 0 Å². The molecule has 2 saturated heterocycles. The van der Waals surface area contributed by atoms with Crippen LogP contribution in [0.5, 0.6) is 0 Å². The zero-order chi connectivity index (χ0) is 12.4. The van der Waals surface area contributed by atoms with Crippen molar-refractivity contribution in [3.63, 3.8) is 0 Å². The molecular formula is C14H28N2O. The largest absolute Gasteiger partial charge is 0.374 e. The van der Waals surface area contributed by atoms with Crippen molar-refractivity contribution in [3.05, 3.63) is 0 Å². The molecule has 0 bridgehead atoms. The molecule has 2 unspecified atom stereocenters. The molecule has 0 aliphatic carbocycles. The Morgan fingerprint density at radius 3 is 2.71 bits per heavy atom. The first-order valence-electron chi connectivity index (χ1n) is 7.10. The Labute approximate surface area is 106 Å². The molecular weight excluding hydrogens is 212 g/mol. The normalized spacial score (nSPS) is 37.2. The molecule has 0 spiro atoms. The molecule has 0 aromatic rings. The highest BCUT2D eigenvalue weighted by Crippen LogP contribution is 2.30. The summed E-state index contributed by atoms with van der Waals surface area (Å²) < 4.78 is 5.80. The lowest BCUT2D eigenvalue weighted by Gasteiger charge is -2.40. The zero-order valence-electron chi connectivity index (χ0n) is 11.6. The predicted molar refractivity (Wildman–Crippen MR) is 71.3 cm³/mol. The van der Waals surface area contributed by atoms with Gasteiger partial charge in [0.15, 0.2) is 0 Å². The molecule has 0 saturated carbocycles. The second-order valence-electron chi connectivity index (χ2n) is 6.63. The van der Waals surface area contributed by atoms with E-state index in [1.165, 1.54) is 32.2 Å². The Morgan fingerprint density at radius 2 is 2.06 bits per heavy atom. The smallest absolute Gasteiger partial charge is 0.0779 e. The molecule has 2 heterocycles. The maximum absolute atomic E-state index is 5.80. The van der Waals surface area contributed by atoms with Crippen molar-refractivity contribution in [3.8, 4) is 0 Å². The fraction of sp³-hybridized carbons (Fsp3) is 1.00. The minimum atomic E-state index is 0.0822. The van der Waals surface area contributed by atoms with Crippen LogP contribution in [-0.2, 0) is 4.74 Å². The summed E-state index contributed by atoms with van der Waals surface area (Å²) in [5.41, 5.74) is 0.501. The third-order valence-corrected chi connectivity index (χ3v) is 4.48. The van der Waals surface area contributed by atoms with E-state index in [1.54, 1.807) is 0 Å². The van der Waals surface area contributed by atoms with Crippen LogP contribution in [0.1, 0.15) is 46.5 Å². The number of piperidine rings is 1. The van der Waals surface area contributed by atoms with Gasteiger partial charge in [0.25, 0.3) is 0 Å². The average molecular weight is 240 g/mol. The van der Waals surface area contributed by atoms with Crippen molar-refractivity contribution in [2.45, 2.75) is 58.1 Å². The summed E-state index contributed by atoms with van der Waals surface area (Å²) in [6, 6.07) is 0.598. The summed E-state index contributed by atoms with van der Waals surface area (Å²) in [5, 5.41) is 7.25. The van der Waals surface area contributed by atoms with Crippen LogP contribution in [0.2, 0.25) is 0 Å². The van der Waals surface area contributed by atoms with Gasteiger partial charge in [-0.25, -0.2) is 0 Å². The first-order chi connectivity index (χ1) is 8.02. The summed E-state index contributed by atoms with van der Waals surface area (Å²) in [5.74, 6) is 0. The monoisotopic (exact) mass is 240 g/mol. The number of rotatable bonds is 4. The van der Waals surface area contributed by atoms with Gasteiger partial charge in [0.1, 0.15) is 0 Å². The molecule has 3 nitrogen and oxygen atoms in total. The Morgan fingerprint density at radius 1 is 1.24 bits per heavy atom. The van der Waals surface area contributed by atoms with E-state index in [2.05, 4.69) is 31.4 Å². The van der Waals surface area contributed by atoms with Crippen molar-refractivity contribution in [1.29, 1.82) is 0 Å². The van der Waals surface area contributed by atoms with Crippen molar-refractivity contribution in [2.75, 3.05) is 26.2 Å². The number of ether oxygens (including phenoxy) is 1. The zero-order valence-corrected chi connectivity index (χ0v) is 11.6.